The maximum absolute atomic E-state index is 11.6. The molecule has 116 valence electrons. The van der Waals surface area contributed by atoms with Crippen LogP contribution in [0.3, 0.4) is 0 Å². The first kappa shape index (κ1) is 17.6. The Balaban J connectivity index is 3.25. The van der Waals surface area contributed by atoms with Crippen LogP contribution in [-0.4, -0.2) is 17.7 Å². The van der Waals surface area contributed by atoms with E-state index in [1.807, 2.05) is 26.0 Å². The van der Waals surface area contributed by atoms with Crippen molar-refractivity contribution in [3.05, 3.63) is 40.6 Å². The second kappa shape index (κ2) is 8.08. The van der Waals surface area contributed by atoms with Crippen LogP contribution < -0.4 is 0 Å². The summed E-state index contributed by atoms with van der Waals surface area (Å²) in [6, 6.07) is 7.20. The summed E-state index contributed by atoms with van der Waals surface area (Å²) in [5.74, 6) is -0.390. The van der Waals surface area contributed by atoms with Gasteiger partial charge in [0.25, 0.3) is 0 Å². The molecule has 0 unspecified atom stereocenters. The summed E-state index contributed by atoms with van der Waals surface area (Å²) in [4.78, 5) is 11.6. The average Bonchev–Trinajstić information content (AvgIpc) is 2.37. The van der Waals surface area contributed by atoms with Crippen LogP contribution in [0.25, 0.3) is 5.57 Å². The standard InChI is InChI=1S/C17H23ClO3/c1-11(2)9-15(13-5-7-14(18)8-6-13)16(17(19)20)21-10-12(3)4/h5-8,11-12H,9-10H2,1-4H3,(H,19,20). The minimum absolute atomic E-state index is 0.0414. The SMILES string of the molecule is CC(C)COC(C(=O)O)=C(CC(C)C)c1ccc(Cl)cc1. The molecule has 1 N–H and O–H groups in total. The van der Waals surface area contributed by atoms with Crippen LogP contribution in [0.4, 0.5) is 0 Å². The van der Waals surface area contributed by atoms with Gasteiger partial charge in [-0.2, -0.15) is 0 Å². The normalized spacial score (nSPS) is 12.5. The number of carboxylic acids is 1. The second-order valence-electron chi connectivity index (χ2n) is 5.92. The van der Waals surface area contributed by atoms with Crippen molar-refractivity contribution in [2.75, 3.05) is 6.61 Å². The number of allylic oxidation sites excluding steroid dienone is 1. The predicted molar refractivity (Wildman–Crippen MR) is 86.3 cm³/mol. The number of hydrogen-bond donors (Lipinski definition) is 1. The van der Waals surface area contributed by atoms with Crippen molar-refractivity contribution in [2.24, 2.45) is 11.8 Å². The van der Waals surface area contributed by atoms with Gasteiger partial charge in [-0.25, -0.2) is 4.79 Å². The molecule has 0 aromatic heterocycles. The van der Waals surface area contributed by atoms with Crippen LogP contribution in [0.15, 0.2) is 30.0 Å². The molecule has 1 rings (SSSR count). The van der Waals surface area contributed by atoms with Crippen molar-refractivity contribution >= 4 is 23.1 Å². The van der Waals surface area contributed by atoms with Crippen molar-refractivity contribution in [1.29, 1.82) is 0 Å². The molecular formula is C17H23ClO3. The Labute approximate surface area is 131 Å². The fourth-order valence-electron chi connectivity index (χ4n) is 1.93. The number of rotatable bonds is 7. The summed E-state index contributed by atoms with van der Waals surface area (Å²) in [5, 5.41) is 10.1. The largest absolute Gasteiger partial charge is 0.486 e. The highest BCUT2D eigenvalue weighted by molar-refractivity contribution is 6.30. The van der Waals surface area contributed by atoms with E-state index in [0.717, 1.165) is 11.1 Å². The average molecular weight is 311 g/mol. The monoisotopic (exact) mass is 310 g/mol. The van der Waals surface area contributed by atoms with Crippen molar-refractivity contribution in [2.45, 2.75) is 34.1 Å². The number of halogens is 1. The van der Waals surface area contributed by atoms with Crippen molar-refractivity contribution in [1.82, 2.24) is 0 Å². The second-order valence-corrected chi connectivity index (χ2v) is 6.36. The Kier molecular flexibility index (Phi) is 6.76. The molecule has 0 radical (unpaired) electrons. The summed E-state index contributed by atoms with van der Waals surface area (Å²) in [7, 11) is 0. The first-order valence-electron chi connectivity index (χ1n) is 7.16. The third-order valence-electron chi connectivity index (χ3n) is 2.83. The summed E-state index contributed by atoms with van der Waals surface area (Å²) in [6.45, 7) is 8.47. The molecule has 0 spiro atoms. The lowest BCUT2D eigenvalue weighted by molar-refractivity contribution is -0.136. The number of aliphatic carboxylic acids is 1. The van der Waals surface area contributed by atoms with E-state index in [4.69, 9.17) is 16.3 Å². The number of carboxylic acid groups (broad SMARTS) is 1. The third-order valence-corrected chi connectivity index (χ3v) is 3.09. The van der Waals surface area contributed by atoms with Crippen LogP contribution in [-0.2, 0) is 9.53 Å². The Morgan fingerprint density at radius 1 is 1.14 bits per heavy atom. The molecule has 0 saturated carbocycles. The molecule has 0 atom stereocenters. The van der Waals surface area contributed by atoms with Crippen LogP contribution in [0, 0.1) is 11.8 Å². The first-order valence-corrected chi connectivity index (χ1v) is 7.54. The van der Waals surface area contributed by atoms with Gasteiger partial charge >= 0.3 is 5.97 Å². The zero-order chi connectivity index (χ0) is 16.0. The summed E-state index contributed by atoms with van der Waals surface area (Å²) in [6.07, 6.45) is 0.640. The van der Waals surface area contributed by atoms with E-state index >= 15 is 0 Å². The Morgan fingerprint density at radius 2 is 1.71 bits per heavy atom. The van der Waals surface area contributed by atoms with E-state index in [1.54, 1.807) is 12.1 Å². The molecule has 0 aliphatic carbocycles. The van der Waals surface area contributed by atoms with Gasteiger partial charge in [0.1, 0.15) is 0 Å². The van der Waals surface area contributed by atoms with Gasteiger partial charge in [-0.1, -0.05) is 51.4 Å². The lowest BCUT2D eigenvalue weighted by Crippen LogP contribution is -2.12. The molecular weight excluding hydrogens is 288 g/mol. The van der Waals surface area contributed by atoms with Gasteiger partial charge in [0.05, 0.1) is 6.61 Å². The molecule has 1 aromatic rings. The topological polar surface area (TPSA) is 46.5 Å². The van der Waals surface area contributed by atoms with E-state index in [-0.39, 0.29) is 11.7 Å². The molecule has 0 aliphatic heterocycles. The van der Waals surface area contributed by atoms with Gasteiger partial charge in [-0.3, -0.25) is 0 Å². The van der Waals surface area contributed by atoms with Gasteiger partial charge in [-0.15, -0.1) is 0 Å². The molecule has 0 fully saturated rings. The Hall–Kier alpha value is -1.48. The zero-order valence-electron chi connectivity index (χ0n) is 13.0. The number of carbonyl (C=O) groups is 1. The quantitative estimate of drug-likeness (QED) is 0.578. The lowest BCUT2D eigenvalue weighted by atomic mass is 9.95. The number of benzene rings is 1. The molecule has 1 aromatic carbocycles. The Bertz CT molecular complexity index is 501. The number of hydrogen-bond acceptors (Lipinski definition) is 2. The van der Waals surface area contributed by atoms with Crippen LogP contribution >= 0.6 is 11.6 Å². The van der Waals surface area contributed by atoms with Gasteiger partial charge in [0.15, 0.2) is 0 Å². The van der Waals surface area contributed by atoms with Crippen molar-refractivity contribution in [3.8, 4) is 0 Å². The predicted octanol–water partition coefficient (Wildman–Crippen LogP) is 4.85. The van der Waals surface area contributed by atoms with E-state index < -0.39 is 5.97 Å². The van der Waals surface area contributed by atoms with Gasteiger partial charge < -0.3 is 9.84 Å². The summed E-state index contributed by atoms with van der Waals surface area (Å²) in [5.41, 5.74) is 1.56. The minimum Gasteiger partial charge on any atom is -0.486 e. The number of ether oxygens (including phenoxy) is 1. The fraction of sp³-hybridized carbons (Fsp3) is 0.471. The summed E-state index contributed by atoms with van der Waals surface area (Å²) >= 11 is 5.90. The van der Waals surface area contributed by atoms with Crippen LogP contribution in [0.2, 0.25) is 5.02 Å². The van der Waals surface area contributed by atoms with Gasteiger partial charge in [0, 0.05) is 10.6 Å². The van der Waals surface area contributed by atoms with E-state index in [9.17, 15) is 9.90 Å². The molecule has 0 bridgehead atoms. The van der Waals surface area contributed by atoms with Crippen LogP contribution in [0.5, 0.6) is 0 Å². The van der Waals surface area contributed by atoms with Crippen molar-refractivity contribution in [3.63, 3.8) is 0 Å². The molecule has 3 nitrogen and oxygen atoms in total. The maximum atomic E-state index is 11.6. The smallest absolute Gasteiger partial charge is 0.371 e. The van der Waals surface area contributed by atoms with Gasteiger partial charge in [0.2, 0.25) is 5.76 Å². The molecule has 0 saturated heterocycles. The van der Waals surface area contributed by atoms with E-state index in [0.29, 0.717) is 24.0 Å². The third kappa shape index (κ3) is 5.80. The molecule has 4 heteroatoms. The summed E-state index contributed by atoms with van der Waals surface area (Å²) < 4.78 is 5.56. The maximum Gasteiger partial charge on any atom is 0.371 e. The van der Waals surface area contributed by atoms with Crippen LogP contribution in [0.1, 0.15) is 39.7 Å². The van der Waals surface area contributed by atoms with E-state index in [1.165, 1.54) is 0 Å². The highest BCUT2D eigenvalue weighted by Crippen LogP contribution is 2.28. The lowest BCUT2D eigenvalue weighted by Gasteiger charge is -2.17. The molecule has 0 aliphatic rings. The van der Waals surface area contributed by atoms with Gasteiger partial charge in [-0.05, 0) is 36.0 Å². The molecule has 21 heavy (non-hydrogen) atoms. The zero-order valence-corrected chi connectivity index (χ0v) is 13.8. The Morgan fingerprint density at radius 3 is 2.14 bits per heavy atom. The molecule has 0 heterocycles. The highest BCUT2D eigenvalue weighted by atomic mass is 35.5. The fourth-order valence-corrected chi connectivity index (χ4v) is 2.05. The van der Waals surface area contributed by atoms with Crippen molar-refractivity contribution < 1.29 is 14.6 Å². The van der Waals surface area contributed by atoms with E-state index in [2.05, 4.69) is 13.8 Å². The molecule has 0 amide bonds. The first-order chi connectivity index (χ1) is 9.81. The minimum atomic E-state index is -1.03. The highest BCUT2D eigenvalue weighted by Gasteiger charge is 2.19.